The molecule has 0 aliphatic heterocycles. The number of ether oxygens (including phenoxy) is 1. The van der Waals surface area contributed by atoms with Gasteiger partial charge in [-0.1, -0.05) is 18.9 Å². The molecule has 0 saturated heterocycles. The van der Waals surface area contributed by atoms with Gasteiger partial charge in [0, 0.05) is 5.54 Å². The quantitative estimate of drug-likeness (QED) is 0.851. The van der Waals surface area contributed by atoms with Gasteiger partial charge in [0.2, 0.25) is 0 Å². The van der Waals surface area contributed by atoms with Crippen molar-refractivity contribution in [1.82, 2.24) is 0 Å². The fourth-order valence-corrected chi connectivity index (χ4v) is 2.09. The average Bonchev–Trinajstić information content (AvgIpc) is 3.19. The van der Waals surface area contributed by atoms with E-state index in [4.69, 9.17) is 10.5 Å². The molecule has 3 rings (SSSR count). The van der Waals surface area contributed by atoms with Crippen LogP contribution in [0.2, 0.25) is 0 Å². The fourth-order valence-electron chi connectivity index (χ4n) is 2.09. The average molecular weight is 235 g/mol. The normalized spacial score (nSPS) is 21.3. The smallest absolute Gasteiger partial charge is 0.165 e. The Morgan fingerprint density at radius 1 is 1.35 bits per heavy atom. The Bertz CT molecular complexity index is 424. The zero-order valence-corrected chi connectivity index (χ0v) is 9.92. The SMILES string of the molecule is NC1(c2ccc(F)c(OCCC3CC3)c2)CC1. The minimum Gasteiger partial charge on any atom is -0.490 e. The number of hydrogen-bond donors (Lipinski definition) is 1. The molecule has 0 unspecified atom stereocenters. The zero-order chi connectivity index (χ0) is 11.9. The Kier molecular flexibility index (Phi) is 2.58. The van der Waals surface area contributed by atoms with Gasteiger partial charge in [-0.2, -0.15) is 0 Å². The summed E-state index contributed by atoms with van der Waals surface area (Å²) in [6.45, 7) is 0.614. The molecule has 1 aromatic carbocycles. The van der Waals surface area contributed by atoms with Gasteiger partial charge in [0.25, 0.3) is 0 Å². The summed E-state index contributed by atoms with van der Waals surface area (Å²) in [5.41, 5.74) is 6.88. The van der Waals surface area contributed by atoms with Gasteiger partial charge in [-0.05, 0) is 42.9 Å². The first-order valence-corrected chi connectivity index (χ1v) is 6.39. The van der Waals surface area contributed by atoms with Crippen molar-refractivity contribution in [2.24, 2.45) is 11.7 Å². The largest absolute Gasteiger partial charge is 0.490 e. The molecule has 92 valence electrons. The van der Waals surface area contributed by atoms with Gasteiger partial charge in [0.15, 0.2) is 11.6 Å². The van der Waals surface area contributed by atoms with Crippen LogP contribution in [-0.4, -0.2) is 6.61 Å². The van der Waals surface area contributed by atoms with E-state index in [1.54, 1.807) is 12.1 Å². The maximum Gasteiger partial charge on any atom is 0.165 e. The first-order chi connectivity index (χ1) is 8.17. The predicted molar refractivity (Wildman–Crippen MR) is 64.3 cm³/mol. The molecule has 2 nitrogen and oxygen atoms in total. The lowest BCUT2D eigenvalue weighted by Crippen LogP contribution is -2.18. The lowest BCUT2D eigenvalue weighted by molar-refractivity contribution is 0.287. The van der Waals surface area contributed by atoms with Crippen molar-refractivity contribution in [3.05, 3.63) is 29.6 Å². The monoisotopic (exact) mass is 235 g/mol. The number of nitrogens with two attached hydrogens (primary N) is 1. The molecule has 0 radical (unpaired) electrons. The Morgan fingerprint density at radius 3 is 2.76 bits per heavy atom. The predicted octanol–water partition coefficient (Wildman–Crippen LogP) is 2.95. The Labute approximate surface area is 101 Å². The van der Waals surface area contributed by atoms with Crippen molar-refractivity contribution in [2.75, 3.05) is 6.61 Å². The van der Waals surface area contributed by atoms with Gasteiger partial charge in [0.05, 0.1) is 6.61 Å². The molecule has 0 spiro atoms. The van der Waals surface area contributed by atoms with Crippen LogP contribution < -0.4 is 10.5 Å². The van der Waals surface area contributed by atoms with E-state index >= 15 is 0 Å². The highest BCUT2D eigenvalue weighted by atomic mass is 19.1. The topological polar surface area (TPSA) is 35.2 Å². The molecular formula is C14H18FNO. The van der Waals surface area contributed by atoms with Crippen molar-refractivity contribution in [1.29, 1.82) is 0 Å². The molecule has 0 amide bonds. The van der Waals surface area contributed by atoms with Crippen molar-refractivity contribution >= 4 is 0 Å². The molecule has 2 N–H and O–H groups in total. The molecule has 0 heterocycles. The number of rotatable bonds is 5. The van der Waals surface area contributed by atoms with Crippen LogP contribution in [-0.2, 0) is 5.54 Å². The van der Waals surface area contributed by atoms with Crippen molar-refractivity contribution in [3.8, 4) is 5.75 Å². The van der Waals surface area contributed by atoms with E-state index in [2.05, 4.69) is 0 Å². The van der Waals surface area contributed by atoms with Crippen LogP contribution in [0.15, 0.2) is 18.2 Å². The highest BCUT2D eigenvalue weighted by Crippen LogP contribution is 2.43. The molecule has 0 atom stereocenters. The van der Waals surface area contributed by atoms with Gasteiger partial charge in [-0.25, -0.2) is 4.39 Å². The van der Waals surface area contributed by atoms with Crippen LogP contribution >= 0.6 is 0 Å². The Morgan fingerprint density at radius 2 is 2.12 bits per heavy atom. The number of halogens is 1. The summed E-state index contributed by atoms with van der Waals surface area (Å²) >= 11 is 0. The maximum absolute atomic E-state index is 13.6. The number of benzene rings is 1. The minimum absolute atomic E-state index is 0.220. The first-order valence-electron chi connectivity index (χ1n) is 6.39. The van der Waals surface area contributed by atoms with E-state index < -0.39 is 0 Å². The van der Waals surface area contributed by atoms with E-state index in [-0.39, 0.29) is 11.4 Å². The standard InChI is InChI=1S/C14H18FNO/c15-12-4-3-11(14(16)6-7-14)9-13(12)17-8-5-10-1-2-10/h3-4,9-10H,1-2,5-8,16H2. The van der Waals surface area contributed by atoms with E-state index in [0.717, 1.165) is 30.7 Å². The lowest BCUT2D eigenvalue weighted by Gasteiger charge is -2.12. The van der Waals surface area contributed by atoms with E-state index in [9.17, 15) is 4.39 Å². The third-order valence-electron chi connectivity index (χ3n) is 3.78. The zero-order valence-electron chi connectivity index (χ0n) is 9.92. The molecule has 2 aliphatic carbocycles. The van der Waals surface area contributed by atoms with Crippen LogP contribution in [0.25, 0.3) is 0 Å². The second-order valence-corrected chi connectivity index (χ2v) is 5.38. The molecule has 17 heavy (non-hydrogen) atoms. The molecule has 3 heteroatoms. The molecule has 2 fully saturated rings. The van der Waals surface area contributed by atoms with Gasteiger partial charge >= 0.3 is 0 Å². The summed E-state index contributed by atoms with van der Waals surface area (Å²) in [4.78, 5) is 0. The summed E-state index contributed by atoms with van der Waals surface area (Å²) in [6.07, 6.45) is 5.62. The minimum atomic E-state index is -0.284. The van der Waals surface area contributed by atoms with E-state index in [1.165, 1.54) is 18.9 Å². The van der Waals surface area contributed by atoms with E-state index in [1.807, 2.05) is 0 Å². The van der Waals surface area contributed by atoms with Gasteiger partial charge in [-0.3, -0.25) is 0 Å². The summed E-state index contributed by atoms with van der Waals surface area (Å²) in [7, 11) is 0. The van der Waals surface area contributed by atoms with Crippen molar-refractivity contribution < 1.29 is 9.13 Å². The van der Waals surface area contributed by atoms with Crippen molar-refractivity contribution in [3.63, 3.8) is 0 Å². The number of hydrogen-bond acceptors (Lipinski definition) is 2. The Hall–Kier alpha value is -1.09. The van der Waals surface area contributed by atoms with E-state index in [0.29, 0.717) is 12.4 Å². The second-order valence-electron chi connectivity index (χ2n) is 5.38. The van der Waals surface area contributed by atoms with Gasteiger partial charge in [-0.15, -0.1) is 0 Å². The Balaban J connectivity index is 1.68. The van der Waals surface area contributed by atoms with Crippen LogP contribution in [0.4, 0.5) is 4.39 Å². The maximum atomic E-state index is 13.6. The first kappa shape index (κ1) is 11.0. The van der Waals surface area contributed by atoms with Gasteiger partial charge < -0.3 is 10.5 Å². The van der Waals surface area contributed by atoms with Crippen LogP contribution in [0.1, 0.15) is 37.7 Å². The van der Waals surface area contributed by atoms with Gasteiger partial charge in [0.1, 0.15) is 0 Å². The summed E-state index contributed by atoms with van der Waals surface area (Å²) in [6, 6.07) is 5.01. The summed E-state index contributed by atoms with van der Waals surface area (Å²) in [5.74, 6) is 0.888. The molecule has 2 saturated carbocycles. The third-order valence-corrected chi connectivity index (χ3v) is 3.78. The fraction of sp³-hybridized carbons (Fsp3) is 0.571. The molecule has 0 bridgehead atoms. The van der Waals surface area contributed by atoms with Crippen LogP contribution in [0, 0.1) is 11.7 Å². The molecule has 2 aliphatic rings. The third kappa shape index (κ3) is 2.44. The molecule has 1 aromatic rings. The molecular weight excluding hydrogens is 217 g/mol. The highest BCUT2D eigenvalue weighted by molar-refractivity contribution is 5.37. The molecule has 0 aromatic heterocycles. The second kappa shape index (κ2) is 3.98. The van der Waals surface area contributed by atoms with Crippen LogP contribution in [0.5, 0.6) is 5.75 Å². The van der Waals surface area contributed by atoms with Crippen LogP contribution in [0.3, 0.4) is 0 Å². The summed E-state index contributed by atoms with van der Waals surface area (Å²) in [5, 5.41) is 0. The lowest BCUT2D eigenvalue weighted by atomic mass is 10.1. The highest BCUT2D eigenvalue weighted by Gasteiger charge is 2.40. The van der Waals surface area contributed by atoms with Crippen molar-refractivity contribution in [2.45, 2.75) is 37.6 Å². The summed E-state index contributed by atoms with van der Waals surface area (Å²) < 4.78 is 19.1.